The molecule has 0 spiro atoms. The van der Waals surface area contributed by atoms with Crippen molar-refractivity contribution in [2.24, 2.45) is 0 Å². The first-order valence-corrected chi connectivity index (χ1v) is 11.4. The number of amides is 1. The van der Waals surface area contributed by atoms with Gasteiger partial charge in [-0.25, -0.2) is 4.68 Å². The highest BCUT2D eigenvalue weighted by Gasteiger charge is 2.27. The van der Waals surface area contributed by atoms with Crippen LogP contribution in [0.1, 0.15) is 32.2 Å². The van der Waals surface area contributed by atoms with Crippen molar-refractivity contribution in [3.63, 3.8) is 0 Å². The normalized spacial score (nSPS) is 13.5. The van der Waals surface area contributed by atoms with Crippen molar-refractivity contribution in [2.75, 3.05) is 6.79 Å². The number of nitrogens with one attached hydrogen (secondary N) is 1. The average Bonchev–Trinajstić information content (AvgIpc) is 3.54. The van der Waals surface area contributed by atoms with Crippen LogP contribution in [0.3, 0.4) is 0 Å². The fourth-order valence-electron chi connectivity index (χ4n) is 4.40. The van der Waals surface area contributed by atoms with E-state index >= 15 is 0 Å². The lowest BCUT2D eigenvalue weighted by Crippen LogP contribution is -2.21. The van der Waals surface area contributed by atoms with E-state index in [9.17, 15) is 4.79 Å². The third-order valence-electron chi connectivity index (χ3n) is 5.94. The molecule has 0 unspecified atom stereocenters. The van der Waals surface area contributed by atoms with Crippen LogP contribution in [0.25, 0.3) is 16.1 Å². The Balaban J connectivity index is 1.25. The second-order valence-electron chi connectivity index (χ2n) is 7.99. The van der Waals surface area contributed by atoms with Gasteiger partial charge in [0.25, 0.3) is 5.91 Å². The first-order chi connectivity index (χ1) is 15.7. The molecule has 2 aliphatic rings. The Hall–Kier alpha value is -3.58. The zero-order chi connectivity index (χ0) is 21.7. The molecular formula is C25H21N3O3S. The van der Waals surface area contributed by atoms with Crippen LogP contribution in [0.15, 0.2) is 54.6 Å². The molecule has 0 saturated carbocycles. The molecule has 6 nitrogen and oxygen atoms in total. The number of aromatic nitrogens is 2. The van der Waals surface area contributed by atoms with E-state index in [1.165, 1.54) is 21.7 Å². The van der Waals surface area contributed by atoms with Crippen LogP contribution in [0.4, 0.5) is 0 Å². The van der Waals surface area contributed by atoms with Gasteiger partial charge in [0.05, 0.1) is 22.0 Å². The van der Waals surface area contributed by atoms with Gasteiger partial charge in [-0.15, -0.1) is 11.3 Å². The van der Waals surface area contributed by atoms with E-state index in [0.29, 0.717) is 6.54 Å². The fourth-order valence-corrected chi connectivity index (χ4v) is 5.64. The van der Waals surface area contributed by atoms with Crippen molar-refractivity contribution in [1.82, 2.24) is 15.1 Å². The van der Waals surface area contributed by atoms with E-state index < -0.39 is 0 Å². The molecule has 1 amide bonds. The maximum Gasteiger partial charge on any atom is 0.261 e. The molecule has 1 N–H and O–H groups in total. The summed E-state index contributed by atoms with van der Waals surface area (Å²) in [6.07, 6.45) is 1.82. The molecule has 3 heterocycles. The Kier molecular flexibility index (Phi) is 4.50. The number of hydrogen-bond donors (Lipinski definition) is 1. The fraction of sp³-hybridized carbons (Fsp3) is 0.200. The molecule has 6 rings (SSSR count). The number of benzene rings is 2. The van der Waals surface area contributed by atoms with Gasteiger partial charge in [-0.3, -0.25) is 4.79 Å². The quantitative estimate of drug-likeness (QED) is 0.498. The number of aryl methyl sites for hydroxylation is 2. The average molecular weight is 444 g/mol. The standard InChI is InChI=1S/C25H21N3O3S/c1-15-23-19(28(27-15)18-5-3-2-4-6-18)9-8-17-12-22(32-24(17)23)25(29)26-13-16-7-10-20-21(11-16)31-14-30-20/h2-7,10-12H,8-9,13-14H2,1H3,(H,26,29). The highest BCUT2D eigenvalue weighted by molar-refractivity contribution is 7.17. The lowest BCUT2D eigenvalue weighted by molar-refractivity contribution is 0.0955. The van der Waals surface area contributed by atoms with Crippen molar-refractivity contribution >= 4 is 17.2 Å². The van der Waals surface area contributed by atoms with Gasteiger partial charge in [0.15, 0.2) is 11.5 Å². The van der Waals surface area contributed by atoms with Crippen LogP contribution >= 0.6 is 11.3 Å². The van der Waals surface area contributed by atoms with Crippen LogP contribution in [0.5, 0.6) is 11.5 Å². The molecule has 1 aliphatic heterocycles. The number of fused-ring (bicyclic) bond motifs is 4. The van der Waals surface area contributed by atoms with Gasteiger partial charge in [0, 0.05) is 17.0 Å². The van der Waals surface area contributed by atoms with Gasteiger partial charge in [0.1, 0.15) is 0 Å². The van der Waals surface area contributed by atoms with Crippen LogP contribution in [0.2, 0.25) is 0 Å². The van der Waals surface area contributed by atoms with E-state index in [4.69, 9.17) is 14.6 Å². The van der Waals surface area contributed by atoms with Crippen molar-refractivity contribution < 1.29 is 14.3 Å². The van der Waals surface area contributed by atoms with Crippen molar-refractivity contribution in [3.8, 4) is 27.6 Å². The Morgan fingerprint density at radius 3 is 2.81 bits per heavy atom. The largest absolute Gasteiger partial charge is 0.454 e. The number of rotatable bonds is 4. The van der Waals surface area contributed by atoms with E-state index in [-0.39, 0.29) is 12.7 Å². The van der Waals surface area contributed by atoms with Gasteiger partial charge in [-0.05, 0) is 61.2 Å². The van der Waals surface area contributed by atoms with Crippen LogP contribution < -0.4 is 14.8 Å². The van der Waals surface area contributed by atoms with Crippen molar-refractivity contribution in [3.05, 3.63) is 82.0 Å². The van der Waals surface area contributed by atoms with Crippen LogP contribution in [-0.2, 0) is 19.4 Å². The van der Waals surface area contributed by atoms with E-state index in [2.05, 4.69) is 17.4 Å². The molecule has 0 radical (unpaired) electrons. The summed E-state index contributed by atoms with van der Waals surface area (Å²) in [5.41, 5.74) is 6.67. The summed E-state index contributed by atoms with van der Waals surface area (Å²) in [7, 11) is 0. The molecule has 0 atom stereocenters. The number of carbonyl (C=O) groups excluding carboxylic acids is 1. The summed E-state index contributed by atoms with van der Waals surface area (Å²) in [5.74, 6) is 1.41. The van der Waals surface area contributed by atoms with E-state index in [1.807, 2.05) is 54.1 Å². The van der Waals surface area contributed by atoms with Crippen LogP contribution in [-0.4, -0.2) is 22.5 Å². The molecule has 0 bridgehead atoms. The number of hydrogen-bond acceptors (Lipinski definition) is 5. The Morgan fingerprint density at radius 1 is 1.09 bits per heavy atom. The Morgan fingerprint density at radius 2 is 1.94 bits per heavy atom. The molecule has 0 saturated heterocycles. The van der Waals surface area contributed by atoms with E-state index in [1.54, 1.807) is 11.3 Å². The molecule has 32 heavy (non-hydrogen) atoms. The molecule has 2 aromatic heterocycles. The number of thiophene rings is 1. The third kappa shape index (κ3) is 3.17. The van der Waals surface area contributed by atoms with Gasteiger partial charge in [-0.2, -0.15) is 5.10 Å². The maximum absolute atomic E-state index is 12.9. The third-order valence-corrected chi connectivity index (χ3v) is 7.13. The minimum atomic E-state index is -0.0586. The molecule has 7 heteroatoms. The zero-order valence-corrected chi connectivity index (χ0v) is 18.4. The zero-order valence-electron chi connectivity index (χ0n) is 17.6. The van der Waals surface area contributed by atoms with Gasteiger partial charge in [0.2, 0.25) is 6.79 Å². The first kappa shape index (κ1) is 19.1. The lowest BCUT2D eigenvalue weighted by Gasteiger charge is -2.14. The summed E-state index contributed by atoms with van der Waals surface area (Å²) in [5, 5.41) is 7.86. The minimum absolute atomic E-state index is 0.0586. The predicted molar refractivity (Wildman–Crippen MR) is 123 cm³/mol. The minimum Gasteiger partial charge on any atom is -0.454 e. The highest BCUT2D eigenvalue weighted by atomic mass is 32.1. The summed E-state index contributed by atoms with van der Waals surface area (Å²) in [4.78, 5) is 14.8. The lowest BCUT2D eigenvalue weighted by atomic mass is 9.95. The summed E-state index contributed by atoms with van der Waals surface area (Å²) < 4.78 is 12.8. The summed E-state index contributed by atoms with van der Waals surface area (Å²) in [6, 6.07) is 18.0. The number of nitrogens with zero attached hydrogens (tertiary/aromatic N) is 2. The Bertz CT molecular complexity index is 1340. The SMILES string of the molecule is Cc1nn(-c2ccccc2)c2c1-c1sc(C(=O)NCc3ccc4c(c3)OCO4)cc1CC2. The van der Waals surface area contributed by atoms with Crippen LogP contribution in [0, 0.1) is 6.92 Å². The van der Waals surface area contributed by atoms with Gasteiger partial charge < -0.3 is 14.8 Å². The second kappa shape index (κ2) is 7.53. The predicted octanol–water partition coefficient (Wildman–Crippen LogP) is 4.67. The number of para-hydroxylation sites is 1. The molecule has 0 fully saturated rings. The molecule has 1 aliphatic carbocycles. The monoisotopic (exact) mass is 443 g/mol. The molecule has 160 valence electrons. The maximum atomic E-state index is 12.9. The summed E-state index contributed by atoms with van der Waals surface area (Å²) in [6.45, 7) is 2.73. The van der Waals surface area contributed by atoms with Crippen molar-refractivity contribution in [1.29, 1.82) is 0 Å². The van der Waals surface area contributed by atoms with E-state index in [0.717, 1.165) is 46.2 Å². The molecule has 4 aromatic rings. The van der Waals surface area contributed by atoms with Gasteiger partial charge in [-0.1, -0.05) is 24.3 Å². The number of ether oxygens (including phenoxy) is 2. The topological polar surface area (TPSA) is 65.4 Å². The number of carbonyl (C=O) groups is 1. The Labute approximate surface area is 189 Å². The smallest absolute Gasteiger partial charge is 0.261 e. The second-order valence-corrected chi connectivity index (χ2v) is 9.04. The van der Waals surface area contributed by atoms with Gasteiger partial charge >= 0.3 is 0 Å². The summed E-state index contributed by atoms with van der Waals surface area (Å²) >= 11 is 1.55. The molecular weight excluding hydrogens is 422 g/mol. The first-order valence-electron chi connectivity index (χ1n) is 10.6. The highest BCUT2D eigenvalue weighted by Crippen LogP contribution is 2.42. The van der Waals surface area contributed by atoms with Crippen molar-refractivity contribution in [2.45, 2.75) is 26.3 Å². The molecule has 2 aromatic carbocycles.